The van der Waals surface area contributed by atoms with Crippen LogP contribution in [0.15, 0.2) is 42.0 Å². The van der Waals surface area contributed by atoms with Gasteiger partial charge in [-0.25, -0.2) is 0 Å². The molecular formula is C23H26O2. The Hall–Kier alpha value is -1.80. The number of fused-ring (bicyclic) bond motifs is 1. The molecule has 4 bridgehead atoms. The maximum absolute atomic E-state index is 6.17. The van der Waals surface area contributed by atoms with Crippen LogP contribution in [0, 0.1) is 17.8 Å². The minimum Gasteiger partial charge on any atom is -0.497 e. The van der Waals surface area contributed by atoms with Crippen LogP contribution in [0.1, 0.15) is 37.7 Å². The van der Waals surface area contributed by atoms with E-state index in [4.69, 9.17) is 9.47 Å². The zero-order valence-corrected chi connectivity index (χ0v) is 15.1. The zero-order chi connectivity index (χ0) is 17.0. The van der Waals surface area contributed by atoms with Crippen molar-refractivity contribution in [1.82, 2.24) is 0 Å². The number of rotatable bonds is 3. The summed E-state index contributed by atoms with van der Waals surface area (Å²) in [5.41, 5.74) is 2.86. The third-order valence-electron chi connectivity index (χ3n) is 6.89. The summed E-state index contributed by atoms with van der Waals surface area (Å²) in [5, 5.41) is 2.50. The maximum Gasteiger partial charge on any atom is 0.119 e. The van der Waals surface area contributed by atoms with Gasteiger partial charge in [0, 0.05) is 7.11 Å². The van der Waals surface area contributed by atoms with Crippen molar-refractivity contribution in [3.63, 3.8) is 0 Å². The summed E-state index contributed by atoms with van der Waals surface area (Å²) in [6, 6.07) is 13.0. The largest absolute Gasteiger partial charge is 0.497 e. The highest BCUT2D eigenvalue weighted by Gasteiger charge is 2.54. The second-order valence-electron chi connectivity index (χ2n) is 8.31. The number of hydrogen-bond acceptors (Lipinski definition) is 2. The van der Waals surface area contributed by atoms with Crippen molar-refractivity contribution in [1.29, 1.82) is 0 Å². The summed E-state index contributed by atoms with van der Waals surface area (Å²) in [4.78, 5) is 0. The summed E-state index contributed by atoms with van der Waals surface area (Å²) >= 11 is 0. The molecule has 4 aliphatic rings. The van der Waals surface area contributed by atoms with Crippen molar-refractivity contribution < 1.29 is 9.47 Å². The molecule has 2 nitrogen and oxygen atoms in total. The molecular weight excluding hydrogens is 308 g/mol. The molecule has 0 spiro atoms. The average Bonchev–Trinajstić information content (AvgIpc) is 2.63. The maximum atomic E-state index is 6.17. The normalized spacial score (nSPS) is 34.8. The number of ether oxygens (including phenoxy) is 2. The van der Waals surface area contributed by atoms with Crippen LogP contribution in [0.25, 0.3) is 16.8 Å². The molecule has 4 fully saturated rings. The van der Waals surface area contributed by atoms with Crippen LogP contribution in [0.4, 0.5) is 0 Å². The van der Waals surface area contributed by atoms with Gasteiger partial charge in [-0.15, -0.1) is 0 Å². The Morgan fingerprint density at radius 1 is 0.920 bits per heavy atom. The van der Waals surface area contributed by atoms with Crippen molar-refractivity contribution in [2.24, 2.45) is 17.8 Å². The molecule has 4 saturated carbocycles. The average molecular weight is 334 g/mol. The van der Waals surface area contributed by atoms with Gasteiger partial charge >= 0.3 is 0 Å². The van der Waals surface area contributed by atoms with Crippen LogP contribution in [0.5, 0.6) is 5.75 Å². The second-order valence-corrected chi connectivity index (χ2v) is 8.31. The minimum absolute atomic E-state index is 0.0120. The molecule has 2 unspecified atom stereocenters. The van der Waals surface area contributed by atoms with Crippen molar-refractivity contribution in [3.8, 4) is 5.75 Å². The first-order chi connectivity index (χ1) is 12.2. The highest BCUT2D eigenvalue weighted by atomic mass is 16.5. The number of hydrogen-bond donors (Lipinski definition) is 0. The monoisotopic (exact) mass is 334 g/mol. The van der Waals surface area contributed by atoms with Gasteiger partial charge < -0.3 is 9.47 Å². The molecule has 0 amide bonds. The van der Waals surface area contributed by atoms with Gasteiger partial charge in [0.15, 0.2) is 0 Å². The summed E-state index contributed by atoms with van der Waals surface area (Å²) in [6.45, 7) is 0. The van der Waals surface area contributed by atoms with Gasteiger partial charge in [-0.1, -0.05) is 24.3 Å². The summed E-state index contributed by atoms with van der Waals surface area (Å²) in [7, 11) is 3.65. The summed E-state index contributed by atoms with van der Waals surface area (Å²) in [5.74, 6) is 3.42. The molecule has 0 N–H and O–H groups in total. The molecule has 0 saturated heterocycles. The van der Waals surface area contributed by atoms with Crippen LogP contribution >= 0.6 is 0 Å². The fourth-order valence-corrected chi connectivity index (χ4v) is 5.95. The van der Waals surface area contributed by atoms with E-state index in [0.717, 1.165) is 23.5 Å². The quantitative estimate of drug-likeness (QED) is 0.742. The molecule has 4 aliphatic carbocycles. The van der Waals surface area contributed by atoms with Crippen molar-refractivity contribution in [2.45, 2.75) is 37.7 Å². The van der Waals surface area contributed by atoms with Crippen LogP contribution < -0.4 is 4.74 Å². The number of methoxy groups -OCH3 is 2. The van der Waals surface area contributed by atoms with E-state index in [1.165, 1.54) is 48.4 Å². The highest BCUT2D eigenvalue weighted by molar-refractivity contribution is 5.86. The lowest BCUT2D eigenvalue weighted by Gasteiger charge is -2.57. The fourth-order valence-electron chi connectivity index (χ4n) is 5.95. The SMILES string of the molecule is COc1ccc2ccc(C=C3C4CC5CC(C4)CC3(OC)C5)cc2c1. The van der Waals surface area contributed by atoms with E-state index in [1.54, 1.807) is 12.7 Å². The summed E-state index contributed by atoms with van der Waals surface area (Å²) < 4.78 is 11.6. The Balaban J connectivity index is 1.57. The molecule has 25 heavy (non-hydrogen) atoms. The predicted octanol–water partition coefficient (Wildman–Crippen LogP) is 5.46. The summed E-state index contributed by atoms with van der Waals surface area (Å²) in [6.07, 6.45) is 9.06. The molecule has 0 aromatic heterocycles. The Bertz CT molecular complexity index is 836. The predicted molar refractivity (Wildman–Crippen MR) is 102 cm³/mol. The Labute approximate surface area is 149 Å². The Kier molecular flexibility index (Phi) is 3.46. The van der Waals surface area contributed by atoms with E-state index in [2.05, 4.69) is 36.4 Å². The van der Waals surface area contributed by atoms with Crippen molar-refractivity contribution in [3.05, 3.63) is 47.5 Å². The first kappa shape index (κ1) is 15.5. The van der Waals surface area contributed by atoms with Gasteiger partial charge in [-0.3, -0.25) is 0 Å². The van der Waals surface area contributed by atoms with Gasteiger partial charge in [0.1, 0.15) is 5.75 Å². The van der Waals surface area contributed by atoms with Crippen LogP contribution in [0.2, 0.25) is 0 Å². The fraction of sp³-hybridized carbons (Fsp3) is 0.478. The lowest BCUT2D eigenvalue weighted by molar-refractivity contribution is -0.0997. The molecule has 2 heteroatoms. The lowest BCUT2D eigenvalue weighted by Crippen LogP contribution is -2.53. The molecule has 0 radical (unpaired) electrons. The first-order valence-corrected chi connectivity index (χ1v) is 9.54. The standard InChI is InChI=1S/C23H26O2/c1-24-21-6-5-18-4-3-15(8-19(18)12-21)11-22-20-9-16-7-17(10-20)14-23(22,13-16)25-2/h3-6,8,11-12,16-17,20H,7,9-10,13-14H2,1-2H3. The molecule has 0 aliphatic heterocycles. The van der Waals surface area contributed by atoms with Gasteiger partial charge in [-0.05, 0) is 90.0 Å². The molecule has 2 aromatic carbocycles. The van der Waals surface area contributed by atoms with E-state index in [9.17, 15) is 0 Å². The molecule has 130 valence electrons. The van der Waals surface area contributed by atoms with E-state index in [-0.39, 0.29) is 5.60 Å². The molecule has 2 aromatic rings. The molecule has 6 rings (SSSR count). The van der Waals surface area contributed by atoms with Gasteiger partial charge in [0.05, 0.1) is 12.7 Å². The highest BCUT2D eigenvalue weighted by Crippen LogP contribution is 2.59. The number of benzene rings is 2. The van der Waals surface area contributed by atoms with Crippen molar-refractivity contribution >= 4 is 16.8 Å². The van der Waals surface area contributed by atoms with E-state index in [0.29, 0.717) is 0 Å². The smallest absolute Gasteiger partial charge is 0.119 e. The van der Waals surface area contributed by atoms with Gasteiger partial charge in [0.2, 0.25) is 0 Å². The van der Waals surface area contributed by atoms with E-state index < -0.39 is 0 Å². The van der Waals surface area contributed by atoms with E-state index in [1.807, 2.05) is 13.2 Å². The van der Waals surface area contributed by atoms with E-state index >= 15 is 0 Å². The molecule has 0 heterocycles. The third kappa shape index (κ3) is 2.42. The zero-order valence-electron chi connectivity index (χ0n) is 15.1. The Morgan fingerprint density at radius 2 is 1.68 bits per heavy atom. The van der Waals surface area contributed by atoms with Crippen LogP contribution in [-0.4, -0.2) is 19.8 Å². The third-order valence-corrected chi connectivity index (χ3v) is 6.89. The second kappa shape index (κ2) is 5.60. The first-order valence-electron chi connectivity index (χ1n) is 9.54. The van der Waals surface area contributed by atoms with Gasteiger partial charge in [-0.2, -0.15) is 0 Å². The van der Waals surface area contributed by atoms with Crippen LogP contribution in [-0.2, 0) is 4.74 Å². The van der Waals surface area contributed by atoms with Gasteiger partial charge in [0.25, 0.3) is 0 Å². The minimum atomic E-state index is 0.0120. The topological polar surface area (TPSA) is 18.5 Å². The molecule has 2 atom stereocenters. The van der Waals surface area contributed by atoms with Crippen LogP contribution in [0.3, 0.4) is 0 Å². The van der Waals surface area contributed by atoms with Crippen molar-refractivity contribution in [2.75, 3.05) is 14.2 Å². The lowest BCUT2D eigenvalue weighted by atomic mass is 9.52. The Morgan fingerprint density at radius 3 is 2.40 bits per heavy atom.